The van der Waals surface area contributed by atoms with Crippen LogP contribution in [0.5, 0.6) is 0 Å². The van der Waals surface area contributed by atoms with Gasteiger partial charge in [-0.3, -0.25) is 0 Å². The van der Waals surface area contributed by atoms with Crippen LogP contribution in [0, 0.1) is 0 Å². The lowest BCUT2D eigenvalue weighted by atomic mass is 9.88. The number of carboxylic acids is 1. The van der Waals surface area contributed by atoms with E-state index in [1.165, 1.54) is 0 Å². The third kappa shape index (κ3) is 1.78. The predicted octanol–water partition coefficient (Wildman–Crippen LogP) is 1.81. The maximum Gasteiger partial charge on any atom is 0.335 e. The van der Waals surface area contributed by atoms with Crippen LogP contribution in [-0.2, 0) is 9.53 Å². The van der Waals surface area contributed by atoms with Crippen LogP contribution in [0.2, 0.25) is 0 Å². The van der Waals surface area contributed by atoms with Gasteiger partial charge in [0.1, 0.15) is 0 Å². The Kier molecular flexibility index (Phi) is 2.17. The van der Waals surface area contributed by atoms with Crippen LogP contribution in [0.4, 0.5) is 0 Å². The topological polar surface area (TPSA) is 46.5 Å². The van der Waals surface area contributed by atoms with Crippen LogP contribution >= 0.6 is 0 Å². The van der Waals surface area contributed by atoms with Crippen molar-refractivity contribution >= 4 is 5.97 Å². The molecule has 1 saturated heterocycles. The molecule has 0 bridgehead atoms. The Bertz CT molecular complexity index is 198. The summed E-state index contributed by atoms with van der Waals surface area (Å²) in [4.78, 5) is 10.8. The SMILES string of the molecule is CC1(C)CCCC(C)(C(=O)O)O1. The molecular formula is C9H16O3. The van der Waals surface area contributed by atoms with E-state index >= 15 is 0 Å². The minimum Gasteiger partial charge on any atom is -0.479 e. The fraction of sp³-hybridized carbons (Fsp3) is 0.889. The van der Waals surface area contributed by atoms with Gasteiger partial charge in [-0.2, -0.15) is 0 Å². The van der Waals surface area contributed by atoms with Crippen molar-refractivity contribution in [2.75, 3.05) is 0 Å². The highest BCUT2D eigenvalue weighted by atomic mass is 16.5. The van der Waals surface area contributed by atoms with E-state index in [0.717, 1.165) is 12.8 Å². The zero-order valence-corrected chi connectivity index (χ0v) is 7.89. The van der Waals surface area contributed by atoms with Crippen molar-refractivity contribution in [1.29, 1.82) is 0 Å². The molecule has 0 radical (unpaired) electrons. The number of hydrogen-bond donors (Lipinski definition) is 1. The average Bonchev–Trinajstić information content (AvgIpc) is 1.83. The van der Waals surface area contributed by atoms with Gasteiger partial charge in [0.15, 0.2) is 5.60 Å². The van der Waals surface area contributed by atoms with Gasteiger partial charge in [0.05, 0.1) is 5.60 Å². The summed E-state index contributed by atoms with van der Waals surface area (Å²) < 4.78 is 5.52. The fourth-order valence-electron chi connectivity index (χ4n) is 1.71. The Balaban J connectivity index is 2.74. The fourth-order valence-corrected chi connectivity index (χ4v) is 1.71. The van der Waals surface area contributed by atoms with Crippen molar-refractivity contribution in [2.24, 2.45) is 0 Å². The summed E-state index contributed by atoms with van der Waals surface area (Å²) >= 11 is 0. The molecule has 1 N–H and O–H groups in total. The first kappa shape index (κ1) is 9.52. The number of carbonyl (C=O) groups is 1. The average molecular weight is 172 g/mol. The molecule has 1 rings (SSSR count). The van der Waals surface area contributed by atoms with E-state index in [9.17, 15) is 4.79 Å². The molecule has 1 unspecified atom stereocenters. The van der Waals surface area contributed by atoms with Crippen LogP contribution in [0.25, 0.3) is 0 Å². The minimum absolute atomic E-state index is 0.286. The molecule has 1 heterocycles. The van der Waals surface area contributed by atoms with Crippen LogP contribution in [-0.4, -0.2) is 22.3 Å². The third-order valence-corrected chi connectivity index (χ3v) is 2.39. The van der Waals surface area contributed by atoms with Crippen molar-refractivity contribution < 1.29 is 14.6 Å². The van der Waals surface area contributed by atoms with Gasteiger partial charge in [-0.1, -0.05) is 0 Å². The maximum atomic E-state index is 10.8. The van der Waals surface area contributed by atoms with Crippen molar-refractivity contribution in [3.63, 3.8) is 0 Å². The smallest absolute Gasteiger partial charge is 0.335 e. The summed E-state index contributed by atoms with van der Waals surface area (Å²) in [7, 11) is 0. The molecule has 0 amide bonds. The zero-order valence-electron chi connectivity index (χ0n) is 7.89. The van der Waals surface area contributed by atoms with Crippen molar-refractivity contribution in [3.05, 3.63) is 0 Å². The summed E-state index contributed by atoms with van der Waals surface area (Å²) in [5, 5.41) is 8.90. The molecule has 0 aliphatic carbocycles. The van der Waals surface area contributed by atoms with Gasteiger partial charge in [0.25, 0.3) is 0 Å². The predicted molar refractivity (Wildman–Crippen MR) is 45.1 cm³/mol. The van der Waals surface area contributed by atoms with Crippen molar-refractivity contribution in [3.8, 4) is 0 Å². The molecule has 0 saturated carbocycles. The number of hydrogen-bond acceptors (Lipinski definition) is 2. The number of rotatable bonds is 1. The van der Waals surface area contributed by atoms with Crippen molar-refractivity contribution in [2.45, 2.75) is 51.2 Å². The molecule has 0 aromatic carbocycles. The second-order valence-electron chi connectivity index (χ2n) is 4.25. The van der Waals surface area contributed by atoms with Crippen LogP contribution in [0.15, 0.2) is 0 Å². The first-order valence-electron chi connectivity index (χ1n) is 4.29. The van der Waals surface area contributed by atoms with Gasteiger partial charge in [-0.15, -0.1) is 0 Å². The molecule has 1 aliphatic heterocycles. The van der Waals surface area contributed by atoms with E-state index < -0.39 is 11.6 Å². The molecule has 1 atom stereocenters. The quantitative estimate of drug-likeness (QED) is 0.656. The molecule has 3 heteroatoms. The minimum atomic E-state index is -0.970. The highest BCUT2D eigenvalue weighted by Gasteiger charge is 2.42. The van der Waals surface area contributed by atoms with Gasteiger partial charge in [-0.05, 0) is 40.0 Å². The second-order valence-corrected chi connectivity index (χ2v) is 4.25. The Labute approximate surface area is 72.7 Å². The summed E-state index contributed by atoms with van der Waals surface area (Å²) in [5.74, 6) is -0.852. The summed E-state index contributed by atoms with van der Waals surface area (Å²) in [6.45, 7) is 5.52. The second kappa shape index (κ2) is 2.73. The van der Waals surface area contributed by atoms with Gasteiger partial charge in [0.2, 0.25) is 0 Å². The zero-order chi connectivity index (χ0) is 9.41. The Morgan fingerprint density at radius 1 is 1.33 bits per heavy atom. The first-order valence-corrected chi connectivity index (χ1v) is 4.29. The number of carboxylic acid groups (broad SMARTS) is 1. The molecule has 1 fully saturated rings. The molecule has 0 spiro atoms. The number of aliphatic carboxylic acids is 1. The Morgan fingerprint density at radius 2 is 1.92 bits per heavy atom. The van der Waals surface area contributed by atoms with Gasteiger partial charge < -0.3 is 9.84 Å². The molecule has 70 valence electrons. The van der Waals surface area contributed by atoms with E-state index in [2.05, 4.69) is 0 Å². The molecule has 3 nitrogen and oxygen atoms in total. The van der Waals surface area contributed by atoms with Gasteiger partial charge >= 0.3 is 5.97 Å². The highest BCUT2D eigenvalue weighted by molar-refractivity contribution is 5.77. The molecule has 1 aliphatic rings. The molecule has 12 heavy (non-hydrogen) atoms. The standard InChI is InChI=1S/C9H16O3/c1-8(2)5-4-6-9(3,12-8)7(10)11/h4-6H2,1-3H3,(H,10,11). The molecular weight excluding hydrogens is 156 g/mol. The third-order valence-electron chi connectivity index (χ3n) is 2.39. The summed E-state index contributed by atoms with van der Waals surface area (Å²) in [6.07, 6.45) is 2.48. The highest BCUT2D eigenvalue weighted by Crippen LogP contribution is 2.34. The maximum absolute atomic E-state index is 10.8. The Morgan fingerprint density at radius 3 is 2.25 bits per heavy atom. The largest absolute Gasteiger partial charge is 0.479 e. The first-order chi connectivity index (χ1) is 5.36. The van der Waals surface area contributed by atoms with E-state index in [4.69, 9.17) is 9.84 Å². The van der Waals surface area contributed by atoms with Crippen LogP contribution in [0.1, 0.15) is 40.0 Å². The summed E-state index contributed by atoms with van der Waals surface area (Å²) in [6, 6.07) is 0. The molecule has 0 aromatic heterocycles. The van der Waals surface area contributed by atoms with Gasteiger partial charge in [0, 0.05) is 0 Å². The van der Waals surface area contributed by atoms with E-state index in [0.29, 0.717) is 6.42 Å². The Hall–Kier alpha value is -0.570. The van der Waals surface area contributed by atoms with Crippen LogP contribution < -0.4 is 0 Å². The van der Waals surface area contributed by atoms with E-state index in [1.54, 1.807) is 6.92 Å². The van der Waals surface area contributed by atoms with E-state index in [-0.39, 0.29) is 5.60 Å². The van der Waals surface area contributed by atoms with E-state index in [1.807, 2.05) is 13.8 Å². The normalized spacial score (nSPS) is 34.6. The number of ether oxygens (including phenoxy) is 1. The van der Waals surface area contributed by atoms with Crippen molar-refractivity contribution in [1.82, 2.24) is 0 Å². The molecule has 0 aromatic rings. The van der Waals surface area contributed by atoms with Gasteiger partial charge in [-0.25, -0.2) is 4.79 Å². The monoisotopic (exact) mass is 172 g/mol. The van der Waals surface area contributed by atoms with Crippen LogP contribution in [0.3, 0.4) is 0 Å². The lowest BCUT2D eigenvalue weighted by Crippen LogP contribution is -2.48. The lowest BCUT2D eigenvalue weighted by Gasteiger charge is -2.40. The summed E-state index contributed by atoms with van der Waals surface area (Å²) in [5.41, 5.74) is -1.26. The lowest BCUT2D eigenvalue weighted by molar-refractivity contribution is -0.197.